The van der Waals surface area contributed by atoms with Crippen LogP contribution in [-0.2, 0) is 6.54 Å². The zero-order chi connectivity index (χ0) is 20.9. The zero-order valence-electron chi connectivity index (χ0n) is 16.0. The van der Waals surface area contributed by atoms with E-state index in [9.17, 15) is 9.59 Å². The Labute approximate surface area is 172 Å². The Kier molecular flexibility index (Phi) is 5.34. The molecule has 0 spiro atoms. The number of para-hydroxylation sites is 2. The van der Waals surface area contributed by atoms with E-state index in [1.165, 1.54) is 10.7 Å². The molecule has 0 aliphatic heterocycles. The average molecular weight is 397 g/mol. The second-order valence-corrected chi connectivity index (χ2v) is 6.69. The second kappa shape index (κ2) is 8.40. The first-order valence-electron chi connectivity index (χ1n) is 9.33. The lowest BCUT2D eigenvalue weighted by atomic mass is 10.1. The van der Waals surface area contributed by atoms with Crippen LogP contribution >= 0.6 is 0 Å². The number of rotatable bonds is 5. The third-order valence-electron chi connectivity index (χ3n) is 4.58. The molecule has 2 aromatic heterocycles. The van der Waals surface area contributed by atoms with E-state index in [0.29, 0.717) is 29.2 Å². The van der Waals surface area contributed by atoms with E-state index in [2.05, 4.69) is 15.4 Å². The highest BCUT2D eigenvalue weighted by molar-refractivity contribution is 6.05. The van der Waals surface area contributed by atoms with Crippen molar-refractivity contribution in [3.8, 4) is 11.3 Å². The summed E-state index contributed by atoms with van der Waals surface area (Å²) >= 11 is 0. The lowest BCUT2D eigenvalue weighted by Crippen LogP contribution is -2.23. The number of nitrogens with zero attached hydrogens (tertiary/aromatic N) is 3. The molecule has 0 atom stereocenters. The van der Waals surface area contributed by atoms with E-state index in [4.69, 9.17) is 5.73 Å². The molecule has 0 saturated carbocycles. The van der Waals surface area contributed by atoms with Gasteiger partial charge in [-0.05, 0) is 48.0 Å². The molecule has 7 nitrogen and oxygen atoms in total. The molecule has 2 heterocycles. The number of carbonyl (C=O) groups is 1. The maximum absolute atomic E-state index is 12.5. The third kappa shape index (κ3) is 4.25. The Morgan fingerprint density at radius 2 is 1.77 bits per heavy atom. The minimum Gasteiger partial charge on any atom is -0.397 e. The summed E-state index contributed by atoms with van der Waals surface area (Å²) in [5.41, 5.74) is 9.57. The van der Waals surface area contributed by atoms with Gasteiger partial charge in [0, 0.05) is 29.6 Å². The number of nitrogens with two attached hydrogens (primary N) is 1. The van der Waals surface area contributed by atoms with Gasteiger partial charge in [-0.1, -0.05) is 24.3 Å². The summed E-state index contributed by atoms with van der Waals surface area (Å²) in [6, 6.07) is 21.0. The molecule has 3 N–H and O–H groups in total. The standard InChI is InChI=1S/C23H19N5O2/c24-19-5-1-2-6-21(19)26-23(30)17-9-7-16(8-10-17)15-28-22(29)12-11-20(27-28)18-4-3-13-25-14-18/h1-14H,15,24H2,(H,26,30). The quantitative estimate of drug-likeness (QED) is 0.504. The van der Waals surface area contributed by atoms with Crippen LogP contribution in [0.25, 0.3) is 11.3 Å². The van der Waals surface area contributed by atoms with Gasteiger partial charge in [-0.2, -0.15) is 5.10 Å². The summed E-state index contributed by atoms with van der Waals surface area (Å²) in [6.45, 7) is 0.292. The van der Waals surface area contributed by atoms with Crippen molar-refractivity contribution in [2.75, 3.05) is 11.1 Å². The van der Waals surface area contributed by atoms with Gasteiger partial charge in [-0.3, -0.25) is 14.6 Å². The summed E-state index contributed by atoms with van der Waals surface area (Å²) in [7, 11) is 0. The Hall–Kier alpha value is -4.26. The second-order valence-electron chi connectivity index (χ2n) is 6.69. The van der Waals surface area contributed by atoms with E-state index in [-0.39, 0.29) is 11.5 Å². The number of hydrogen-bond acceptors (Lipinski definition) is 5. The number of nitrogens with one attached hydrogen (secondary N) is 1. The van der Waals surface area contributed by atoms with E-state index in [1.54, 1.807) is 67.0 Å². The van der Waals surface area contributed by atoms with Gasteiger partial charge in [0.15, 0.2) is 0 Å². The largest absolute Gasteiger partial charge is 0.397 e. The minimum atomic E-state index is -0.256. The van der Waals surface area contributed by atoms with Gasteiger partial charge >= 0.3 is 0 Å². The molecule has 0 radical (unpaired) electrons. The molecule has 1 amide bonds. The molecule has 0 unspecified atom stereocenters. The van der Waals surface area contributed by atoms with Gasteiger partial charge in [0.2, 0.25) is 0 Å². The molecule has 7 heteroatoms. The molecule has 0 aliphatic carbocycles. The summed E-state index contributed by atoms with van der Waals surface area (Å²) in [4.78, 5) is 28.8. The van der Waals surface area contributed by atoms with Crippen LogP contribution in [0.3, 0.4) is 0 Å². The van der Waals surface area contributed by atoms with Gasteiger partial charge in [-0.25, -0.2) is 4.68 Å². The molecule has 2 aromatic carbocycles. The number of anilines is 2. The highest BCUT2D eigenvalue weighted by Gasteiger charge is 2.09. The van der Waals surface area contributed by atoms with Crippen LogP contribution < -0.4 is 16.6 Å². The predicted molar refractivity (Wildman–Crippen MR) is 116 cm³/mol. The van der Waals surface area contributed by atoms with Crippen LogP contribution in [0.5, 0.6) is 0 Å². The summed E-state index contributed by atoms with van der Waals surface area (Å²) in [5, 5.41) is 7.22. The molecular formula is C23H19N5O2. The number of benzene rings is 2. The van der Waals surface area contributed by atoms with Crippen LogP contribution in [0.4, 0.5) is 11.4 Å². The number of aromatic nitrogens is 3. The first kappa shape index (κ1) is 19.1. The number of nitrogen functional groups attached to an aromatic ring is 1. The number of hydrogen-bond donors (Lipinski definition) is 2. The normalized spacial score (nSPS) is 10.5. The molecule has 30 heavy (non-hydrogen) atoms. The van der Waals surface area contributed by atoms with E-state index < -0.39 is 0 Å². The van der Waals surface area contributed by atoms with Gasteiger partial charge < -0.3 is 11.1 Å². The molecule has 0 bridgehead atoms. The molecular weight excluding hydrogens is 378 g/mol. The summed E-state index contributed by atoms with van der Waals surface area (Å²) in [6.07, 6.45) is 3.38. The first-order valence-corrected chi connectivity index (χ1v) is 9.33. The minimum absolute atomic E-state index is 0.205. The fraction of sp³-hybridized carbons (Fsp3) is 0.0435. The fourth-order valence-corrected chi connectivity index (χ4v) is 2.97. The number of amides is 1. The topological polar surface area (TPSA) is 103 Å². The van der Waals surface area contributed by atoms with Gasteiger partial charge in [0.1, 0.15) is 0 Å². The van der Waals surface area contributed by atoms with E-state index >= 15 is 0 Å². The Morgan fingerprint density at radius 3 is 2.50 bits per heavy atom. The average Bonchev–Trinajstić information content (AvgIpc) is 2.78. The van der Waals surface area contributed by atoms with Crippen molar-refractivity contribution in [3.63, 3.8) is 0 Å². The SMILES string of the molecule is Nc1ccccc1NC(=O)c1ccc(Cn2nc(-c3cccnc3)ccc2=O)cc1. The third-order valence-corrected chi connectivity index (χ3v) is 4.58. The van der Waals surface area contributed by atoms with Crippen molar-refractivity contribution in [1.29, 1.82) is 0 Å². The summed E-state index contributed by atoms with van der Waals surface area (Å²) < 4.78 is 1.39. The highest BCUT2D eigenvalue weighted by Crippen LogP contribution is 2.18. The molecule has 4 aromatic rings. The van der Waals surface area contributed by atoms with Crippen LogP contribution in [0, 0.1) is 0 Å². The van der Waals surface area contributed by atoms with Crippen molar-refractivity contribution >= 4 is 17.3 Å². The lowest BCUT2D eigenvalue weighted by Gasteiger charge is -2.09. The summed E-state index contributed by atoms with van der Waals surface area (Å²) in [5.74, 6) is -0.256. The molecule has 0 saturated heterocycles. The van der Waals surface area contributed by atoms with Gasteiger partial charge in [0.05, 0.1) is 23.6 Å². The predicted octanol–water partition coefficient (Wildman–Crippen LogP) is 3.19. The number of carbonyl (C=O) groups excluding carboxylic acids is 1. The fourth-order valence-electron chi connectivity index (χ4n) is 2.97. The van der Waals surface area contributed by atoms with E-state index in [1.807, 2.05) is 12.1 Å². The van der Waals surface area contributed by atoms with Crippen molar-refractivity contribution in [2.24, 2.45) is 0 Å². The van der Waals surface area contributed by atoms with E-state index in [0.717, 1.165) is 11.1 Å². The highest BCUT2D eigenvalue weighted by atomic mass is 16.1. The monoisotopic (exact) mass is 397 g/mol. The zero-order valence-corrected chi connectivity index (χ0v) is 16.0. The Balaban J connectivity index is 1.51. The molecule has 0 aliphatic rings. The van der Waals surface area contributed by atoms with Crippen molar-refractivity contribution in [2.45, 2.75) is 6.54 Å². The lowest BCUT2D eigenvalue weighted by molar-refractivity contribution is 0.102. The number of pyridine rings is 1. The Morgan fingerprint density at radius 1 is 0.967 bits per heavy atom. The van der Waals surface area contributed by atoms with Crippen molar-refractivity contribution in [3.05, 3.63) is 107 Å². The van der Waals surface area contributed by atoms with Crippen LogP contribution in [0.1, 0.15) is 15.9 Å². The Bertz CT molecular complexity index is 1230. The van der Waals surface area contributed by atoms with Crippen LogP contribution in [0.2, 0.25) is 0 Å². The first-order chi connectivity index (χ1) is 14.6. The van der Waals surface area contributed by atoms with Crippen LogP contribution in [0.15, 0.2) is 90.0 Å². The smallest absolute Gasteiger partial charge is 0.267 e. The van der Waals surface area contributed by atoms with Gasteiger partial charge in [0.25, 0.3) is 11.5 Å². The molecule has 148 valence electrons. The molecule has 0 fully saturated rings. The van der Waals surface area contributed by atoms with Crippen LogP contribution in [-0.4, -0.2) is 20.7 Å². The molecule has 4 rings (SSSR count). The maximum atomic E-state index is 12.5. The maximum Gasteiger partial charge on any atom is 0.267 e. The van der Waals surface area contributed by atoms with Crippen molar-refractivity contribution in [1.82, 2.24) is 14.8 Å². The van der Waals surface area contributed by atoms with Crippen molar-refractivity contribution < 1.29 is 4.79 Å². The van der Waals surface area contributed by atoms with Gasteiger partial charge in [-0.15, -0.1) is 0 Å².